The lowest BCUT2D eigenvalue weighted by Gasteiger charge is -2.22. The summed E-state index contributed by atoms with van der Waals surface area (Å²) < 4.78 is 5.48. The molecule has 0 saturated heterocycles. The summed E-state index contributed by atoms with van der Waals surface area (Å²) in [6, 6.07) is -0.543. The van der Waals surface area contributed by atoms with Crippen LogP contribution in [0.25, 0.3) is 0 Å². The van der Waals surface area contributed by atoms with Crippen molar-refractivity contribution in [1.29, 1.82) is 0 Å². The fourth-order valence-corrected chi connectivity index (χ4v) is 10.5. The standard InChI is InChI=1S/C69H131NO5/c1-3-5-7-9-11-13-15-17-19-31-34-37-41-45-49-53-57-61-67(72)66(65-71)70-68(73)62-58-54-50-46-42-38-35-32-29-27-25-23-21-20-22-24-26-28-30-33-36-40-44-48-52-56-60-64-75-69(74)63-59-55-51-47-43-39-18-16-14-12-10-8-6-4-2/h10,12,16,18,20-21,66-67,71-72H,3-9,11,13-15,17,19,22-65H2,1-2H3,(H,70,73)/b12-10-,18-16-,21-20-. The molecule has 0 fully saturated rings. The topological polar surface area (TPSA) is 95.9 Å². The first-order valence-electron chi connectivity index (χ1n) is 33.7. The number of carbonyl (C=O) groups is 2. The minimum Gasteiger partial charge on any atom is -0.466 e. The van der Waals surface area contributed by atoms with Gasteiger partial charge in [-0.1, -0.05) is 314 Å². The summed E-state index contributed by atoms with van der Waals surface area (Å²) in [7, 11) is 0. The highest BCUT2D eigenvalue weighted by Crippen LogP contribution is 2.18. The van der Waals surface area contributed by atoms with E-state index in [1.165, 1.54) is 283 Å². The molecule has 75 heavy (non-hydrogen) atoms. The maximum Gasteiger partial charge on any atom is 0.305 e. The van der Waals surface area contributed by atoms with Gasteiger partial charge < -0.3 is 20.3 Å². The van der Waals surface area contributed by atoms with Crippen LogP contribution in [0.3, 0.4) is 0 Å². The Balaban J connectivity index is 3.39. The number of carbonyl (C=O) groups excluding carboxylic acids is 2. The highest BCUT2D eigenvalue weighted by Gasteiger charge is 2.20. The summed E-state index contributed by atoms with van der Waals surface area (Å²) in [4.78, 5) is 24.6. The number of rotatable bonds is 63. The maximum absolute atomic E-state index is 12.5. The number of aliphatic hydroxyl groups is 2. The van der Waals surface area contributed by atoms with Crippen LogP contribution in [0.5, 0.6) is 0 Å². The van der Waals surface area contributed by atoms with E-state index in [-0.39, 0.29) is 18.5 Å². The third-order valence-corrected chi connectivity index (χ3v) is 15.7. The number of ether oxygens (including phenoxy) is 1. The van der Waals surface area contributed by atoms with E-state index in [0.29, 0.717) is 25.9 Å². The maximum atomic E-state index is 12.5. The minimum absolute atomic E-state index is 0.000704. The van der Waals surface area contributed by atoms with E-state index in [9.17, 15) is 19.8 Å². The normalized spacial score (nSPS) is 12.7. The van der Waals surface area contributed by atoms with E-state index >= 15 is 0 Å². The molecule has 2 atom stereocenters. The van der Waals surface area contributed by atoms with Crippen LogP contribution in [0.15, 0.2) is 36.5 Å². The number of unbranched alkanes of at least 4 members (excludes halogenated alkanes) is 46. The lowest BCUT2D eigenvalue weighted by molar-refractivity contribution is -0.143. The van der Waals surface area contributed by atoms with Crippen LogP contribution in [0, 0.1) is 0 Å². The Morgan fingerprint density at radius 3 is 1.07 bits per heavy atom. The Hall–Kier alpha value is -1.92. The first kappa shape index (κ1) is 73.1. The van der Waals surface area contributed by atoms with Crippen LogP contribution in [0.4, 0.5) is 0 Å². The van der Waals surface area contributed by atoms with Crippen molar-refractivity contribution in [2.24, 2.45) is 0 Å². The van der Waals surface area contributed by atoms with Gasteiger partial charge >= 0.3 is 5.97 Å². The number of hydrogen-bond acceptors (Lipinski definition) is 5. The van der Waals surface area contributed by atoms with E-state index in [4.69, 9.17) is 4.74 Å². The van der Waals surface area contributed by atoms with Crippen LogP contribution in [0.2, 0.25) is 0 Å². The van der Waals surface area contributed by atoms with Crippen LogP contribution >= 0.6 is 0 Å². The van der Waals surface area contributed by atoms with E-state index in [1.807, 2.05) is 0 Å². The molecule has 0 heterocycles. The molecule has 1 amide bonds. The largest absolute Gasteiger partial charge is 0.466 e. The molecule has 2 unspecified atom stereocenters. The van der Waals surface area contributed by atoms with Gasteiger partial charge in [-0.2, -0.15) is 0 Å². The SMILES string of the molecule is CCCC/C=C\C/C=C\CCCCCCCC(=O)OCCCCCCCCCCCCCC/C=C\CCCCCCCCCCCCCC(=O)NC(CO)C(O)CCCCCCCCCCCCCCCCCCC. The Morgan fingerprint density at radius 2 is 0.680 bits per heavy atom. The molecule has 0 radical (unpaired) electrons. The number of nitrogens with one attached hydrogen (secondary N) is 1. The minimum atomic E-state index is -0.665. The van der Waals surface area contributed by atoms with Crippen molar-refractivity contribution >= 4 is 11.9 Å². The predicted molar refractivity (Wildman–Crippen MR) is 329 cm³/mol. The molecule has 3 N–H and O–H groups in total. The zero-order valence-electron chi connectivity index (χ0n) is 50.5. The third-order valence-electron chi connectivity index (χ3n) is 15.7. The lowest BCUT2D eigenvalue weighted by atomic mass is 10.0. The summed E-state index contributed by atoms with van der Waals surface area (Å²) in [5.74, 6) is -0.0324. The van der Waals surface area contributed by atoms with Crippen LogP contribution in [-0.4, -0.2) is 47.4 Å². The molecule has 0 aromatic carbocycles. The van der Waals surface area contributed by atoms with Gasteiger partial charge in [0.05, 0.1) is 25.4 Å². The van der Waals surface area contributed by atoms with Crippen molar-refractivity contribution in [1.82, 2.24) is 5.32 Å². The first-order chi connectivity index (χ1) is 37.0. The Morgan fingerprint density at radius 1 is 0.373 bits per heavy atom. The molecule has 0 aromatic heterocycles. The molecule has 6 nitrogen and oxygen atoms in total. The average molecular weight is 1050 g/mol. The smallest absolute Gasteiger partial charge is 0.305 e. The Labute approximate surface area is 468 Å². The molecular formula is C69H131NO5. The van der Waals surface area contributed by atoms with Crippen molar-refractivity contribution < 1.29 is 24.5 Å². The summed E-state index contributed by atoms with van der Waals surface area (Å²) >= 11 is 0. The summed E-state index contributed by atoms with van der Waals surface area (Å²) in [6.07, 6.45) is 81.8. The van der Waals surface area contributed by atoms with Gasteiger partial charge in [-0.15, -0.1) is 0 Å². The van der Waals surface area contributed by atoms with E-state index < -0.39 is 12.1 Å². The van der Waals surface area contributed by atoms with Gasteiger partial charge in [0, 0.05) is 12.8 Å². The molecule has 0 spiro atoms. The summed E-state index contributed by atoms with van der Waals surface area (Å²) in [5.41, 5.74) is 0. The van der Waals surface area contributed by atoms with Gasteiger partial charge in [0.15, 0.2) is 0 Å². The average Bonchev–Trinajstić information content (AvgIpc) is 3.41. The number of aliphatic hydroxyl groups excluding tert-OH is 2. The first-order valence-corrected chi connectivity index (χ1v) is 33.7. The van der Waals surface area contributed by atoms with E-state index in [0.717, 1.165) is 51.4 Å². The van der Waals surface area contributed by atoms with E-state index in [2.05, 4.69) is 55.6 Å². The van der Waals surface area contributed by atoms with Gasteiger partial charge in [-0.3, -0.25) is 9.59 Å². The fraction of sp³-hybridized carbons (Fsp3) is 0.884. The molecule has 0 rings (SSSR count). The third kappa shape index (κ3) is 61.2. The number of esters is 1. The fourth-order valence-electron chi connectivity index (χ4n) is 10.5. The van der Waals surface area contributed by atoms with Gasteiger partial charge in [0.2, 0.25) is 5.91 Å². The monoisotopic (exact) mass is 1050 g/mol. The van der Waals surface area contributed by atoms with Crippen molar-refractivity contribution in [3.8, 4) is 0 Å². The molecule has 0 aromatic rings. The molecule has 0 bridgehead atoms. The summed E-state index contributed by atoms with van der Waals surface area (Å²) in [6.45, 7) is 4.93. The van der Waals surface area contributed by atoms with Crippen LogP contribution < -0.4 is 5.32 Å². The predicted octanol–water partition coefficient (Wildman–Crippen LogP) is 21.5. The van der Waals surface area contributed by atoms with Gasteiger partial charge in [0.1, 0.15) is 0 Å². The number of hydrogen-bond donors (Lipinski definition) is 3. The quantitative estimate of drug-likeness (QED) is 0.0320. The molecule has 0 aliphatic carbocycles. The Bertz CT molecular complexity index is 1210. The highest BCUT2D eigenvalue weighted by molar-refractivity contribution is 5.76. The van der Waals surface area contributed by atoms with Crippen molar-refractivity contribution in [2.75, 3.05) is 13.2 Å². The van der Waals surface area contributed by atoms with Crippen molar-refractivity contribution in [3.63, 3.8) is 0 Å². The zero-order valence-corrected chi connectivity index (χ0v) is 50.5. The van der Waals surface area contributed by atoms with Crippen LogP contribution in [-0.2, 0) is 14.3 Å². The molecule has 442 valence electrons. The van der Waals surface area contributed by atoms with Gasteiger partial charge in [-0.05, 0) is 77.0 Å². The number of allylic oxidation sites excluding steroid dienone is 6. The zero-order chi connectivity index (χ0) is 54.3. The lowest BCUT2D eigenvalue weighted by Crippen LogP contribution is -2.45. The summed E-state index contributed by atoms with van der Waals surface area (Å²) in [5, 5.41) is 23.4. The molecule has 0 aliphatic heterocycles. The molecule has 0 saturated carbocycles. The Kier molecular flexibility index (Phi) is 63.0. The van der Waals surface area contributed by atoms with Gasteiger partial charge in [-0.25, -0.2) is 0 Å². The molecule has 0 aliphatic rings. The highest BCUT2D eigenvalue weighted by atomic mass is 16.5. The van der Waals surface area contributed by atoms with Crippen molar-refractivity contribution in [2.45, 2.75) is 379 Å². The van der Waals surface area contributed by atoms with Crippen LogP contribution in [0.1, 0.15) is 367 Å². The van der Waals surface area contributed by atoms with Crippen molar-refractivity contribution in [3.05, 3.63) is 36.5 Å². The second-order valence-electron chi connectivity index (χ2n) is 23.1. The van der Waals surface area contributed by atoms with E-state index in [1.54, 1.807) is 0 Å². The second-order valence-corrected chi connectivity index (χ2v) is 23.1. The number of amides is 1. The van der Waals surface area contributed by atoms with Gasteiger partial charge in [0.25, 0.3) is 0 Å². The molecule has 6 heteroatoms. The molecular weight excluding hydrogens is 923 g/mol. The second kappa shape index (κ2) is 64.6.